The van der Waals surface area contributed by atoms with E-state index in [9.17, 15) is 13.2 Å². The summed E-state index contributed by atoms with van der Waals surface area (Å²) in [6.45, 7) is 0.879. The molecule has 80 valence electrons. The Morgan fingerprint density at radius 2 is 2.00 bits per heavy atom. The zero-order chi connectivity index (χ0) is 10.3. The number of hydrogen-bond donors (Lipinski definition) is 0. The third-order valence-corrected chi connectivity index (χ3v) is 1.97. The third kappa shape index (κ3) is 8.37. The van der Waals surface area contributed by atoms with Crippen LogP contribution in [0.3, 0.4) is 0 Å². The lowest BCUT2D eigenvalue weighted by Crippen LogP contribution is -2.21. The summed E-state index contributed by atoms with van der Waals surface area (Å²) in [6.07, 6.45) is -2.52. The largest absolute Gasteiger partial charge is 0.411 e. The van der Waals surface area contributed by atoms with Crippen LogP contribution in [0.5, 0.6) is 0 Å². The van der Waals surface area contributed by atoms with Crippen LogP contribution in [0.1, 0.15) is 19.8 Å². The van der Waals surface area contributed by atoms with Crippen LogP contribution in [-0.4, -0.2) is 25.3 Å². The first kappa shape index (κ1) is 13.0. The second kappa shape index (κ2) is 6.49. The van der Waals surface area contributed by atoms with Gasteiger partial charge in [0.1, 0.15) is 6.61 Å². The molecule has 0 saturated carbocycles. The highest BCUT2D eigenvalue weighted by Gasteiger charge is 2.27. The summed E-state index contributed by atoms with van der Waals surface area (Å²) in [5.41, 5.74) is 0. The Kier molecular flexibility index (Phi) is 6.51. The van der Waals surface area contributed by atoms with Gasteiger partial charge in [0, 0.05) is 5.88 Å². The van der Waals surface area contributed by atoms with Crippen LogP contribution in [0.4, 0.5) is 13.2 Å². The normalized spacial score (nSPS) is 14.5. The van der Waals surface area contributed by atoms with Crippen molar-refractivity contribution in [2.24, 2.45) is 5.92 Å². The van der Waals surface area contributed by atoms with Crippen molar-refractivity contribution in [3.63, 3.8) is 0 Å². The summed E-state index contributed by atoms with van der Waals surface area (Å²) >= 11 is 5.54. The van der Waals surface area contributed by atoms with Gasteiger partial charge in [-0.1, -0.05) is 13.3 Å². The molecule has 0 aromatic carbocycles. The van der Waals surface area contributed by atoms with Crippen molar-refractivity contribution in [3.05, 3.63) is 0 Å². The van der Waals surface area contributed by atoms with E-state index in [1.165, 1.54) is 0 Å². The molecule has 5 heteroatoms. The van der Waals surface area contributed by atoms with Crippen molar-refractivity contribution in [1.29, 1.82) is 0 Å². The van der Waals surface area contributed by atoms with E-state index in [4.69, 9.17) is 11.6 Å². The number of ether oxygens (including phenoxy) is 1. The fraction of sp³-hybridized carbons (Fsp3) is 1.00. The van der Waals surface area contributed by atoms with Crippen molar-refractivity contribution < 1.29 is 17.9 Å². The average molecular weight is 219 g/mol. The lowest BCUT2D eigenvalue weighted by Gasteiger charge is -2.13. The van der Waals surface area contributed by atoms with Gasteiger partial charge in [-0.25, -0.2) is 0 Å². The first-order valence-electron chi connectivity index (χ1n) is 4.20. The molecule has 0 rings (SSSR count). The smallest absolute Gasteiger partial charge is 0.372 e. The summed E-state index contributed by atoms with van der Waals surface area (Å²) < 4.78 is 39.4. The van der Waals surface area contributed by atoms with Gasteiger partial charge in [-0.05, 0) is 12.3 Å². The van der Waals surface area contributed by atoms with E-state index in [1.807, 2.05) is 6.92 Å². The predicted molar refractivity (Wildman–Crippen MR) is 46.0 cm³/mol. The highest BCUT2D eigenvalue weighted by atomic mass is 35.5. The molecule has 0 heterocycles. The van der Waals surface area contributed by atoms with Gasteiger partial charge in [0.2, 0.25) is 0 Å². The van der Waals surface area contributed by atoms with Crippen molar-refractivity contribution in [2.45, 2.75) is 25.9 Å². The highest BCUT2D eigenvalue weighted by molar-refractivity contribution is 6.18. The second-order valence-electron chi connectivity index (χ2n) is 2.94. The average Bonchev–Trinajstić information content (AvgIpc) is 2.01. The molecule has 1 unspecified atom stereocenters. The Morgan fingerprint density at radius 1 is 1.38 bits per heavy atom. The van der Waals surface area contributed by atoms with Crippen molar-refractivity contribution >= 4 is 11.6 Å². The van der Waals surface area contributed by atoms with Crippen molar-refractivity contribution in [1.82, 2.24) is 0 Å². The number of alkyl halides is 4. The number of halogens is 4. The van der Waals surface area contributed by atoms with Gasteiger partial charge in [0.05, 0.1) is 6.61 Å². The quantitative estimate of drug-likeness (QED) is 0.622. The van der Waals surface area contributed by atoms with Gasteiger partial charge < -0.3 is 4.74 Å². The Labute approximate surface area is 81.2 Å². The molecule has 0 amide bonds. The Morgan fingerprint density at radius 3 is 2.38 bits per heavy atom. The molecule has 13 heavy (non-hydrogen) atoms. The van der Waals surface area contributed by atoms with Crippen molar-refractivity contribution in [2.75, 3.05) is 19.1 Å². The van der Waals surface area contributed by atoms with E-state index in [-0.39, 0.29) is 12.5 Å². The monoisotopic (exact) mass is 218 g/mol. The van der Waals surface area contributed by atoms with Crippen LogP contribution in [0.15, 0.2) is 0 Å². The molecule has 0 aromatic heterocycles. The fourth-order valence-corrected chi connectivity index (χ4v) is 1.20. The molecule has 0 bridgehead atoms. The maximum Gasteiger partial charge on any atom is 0.411 e. The van der Waals surface area contributed by atoms with Crippen LogP contribution >= 0.6 is 11.6 Å². The van der Waals surface area contributed by atoms with Crippen LogP contribution in [0, 0.1) is 5.92 Å². The molecule has 0 aliphatic carbocycles. The SMILES string of the molecule is CCCC(CCl)COCC(F)(F)F. The van der Waals surface area contributed by atoms with Crippen LogP contribution < -0.4 is 0 Å². The fourth-order valence-electron chi connectivity index (χ4n) is 0.955. The highest BCUT2D eigenvalue weighted by Crippen LogP contribution is 2.16. The summed E-state index contributed by atoms with van der Waals surface area (Å²) in [7, 11) is 0. The van der Waals surface area contributed by atoms with Crippen LogP contribution in [0.2, 0.25) is 0 Å². The number of rotatable bonds is 6. The first-order valence-corrected chi connectivity index (χ1v) is 4.73. The van der Waals surface area contributed by atoms with E-state index in [0.717, 1.165) is 12.8 Å². The molecule has 0 radical (unpaired) electrons. The summed E-state index contributed by atoms with van der Waals surface area (Å²) in [6, 6.07) is 0. The number of hydrogen-bond acceptors (Lipinski definition) is 1. The standard InChI is InChI=1S/C8H14ClF3O/c1-2-3-7(4-9)5-13-6-8(10,11)12/h7H,2-6H2,1H3. The van der Waals surface area contributed by atoms with E-state index in [2.05, 4.69) is 4.74 Å². The summed E-state index contributed by atoms with van der Waals surface area (Å²) in [4.78, 5) is 0. The molecular weight excluding hydrogens is 205 g/mol. The summed E-state index contributed by atoms with van der Waals surface area (Å²) in [5, 5.41) is 0. The Bertz CT molecular complexity index is 127. The summed E-state index contributed by atoms with van der Waals surface area (Å²) in [5.74, 6) is 0.389. The van der Waals surface area contributed by atoms with E-state index < -0.39 is 12.8 Å². The minimum absolute atomic E-state index is 0.0361. The lowest BCUT2D eigenvalue weighted by molar-refractivity contribution is -0.176. The minimum atomic E-state index is -4.23. The lowest BCUT2D eigenvalue weighted by atomic mass is 10.1. The van der Waals surface area contributed by atoms with Crippen LogP contribution in [-0.2, 0) is 4.74 Å². The maximum atomic E-state index is 11.6. The first-order chi connectivity index (χ1) is 5.99. The molecule has 0 aliphatic rings. The molecule has 0 aromatic rings. The molecule has 0 saturated heterocycles. The molecule has 1 atom stereocenters. The predicted octanol–water partition coefficient (Wildman–Crippen LogP) is 3.22. The van der Waals surface area contributed by atoms with E-state index in [1.54, 1.807) is 0 Å². The van der Waals surface area contributed by atoms with Gasteiger partial charge >= 0.3 is 6.18 Å². The zero-order valence-electron chi connectivity index (χ0n) is 7.53. The molecule has 0 N–H and O–H groups in total. The minimum Gasteiger partial charge on any atom is -0.372 e. The molecule has 0 spiro atoms. The van der Waals surface area contributed by atoms with Gasteiger partial charge in [-0.2, -0.15) is 13.2 Å². The molecule has 1 nitrogen and oxygen atoms in total. The third-order valence-electron chi connectivity index (χ3n) is 1.53. The Hall–Kier alpha value is 0.0400. The van der Waals surface area contributed by atoms with Gasteiger partial charge in [0.25, 0.3) is 0 Å². The van der Waals surface area contributed by atoms with Gasteiger partial charge in [0.15, 0.2) is 0 Å². The second-order valence-corrected chi connectivity index (χ2v) is 3.25. The topological polar surface area (TPSA) is 9.23 Å². The van der Waals surface area contributed by atoms with Crippen LogP contribution in [0.25, 0.3) is 0 Å². The molecule has 0 aliphatic heterocycles. The Balaban J connectivity index is 3.49. The van der Waals surface area contributed by atoms with Crippen molar-refractivity contribution in [3.8, 4) is 0 Å². The zero-order valence-corrected chi connectivity index (χ0v) is 8.29. The van der Waals surface area contributed by atoms with Gasteiger partial charge in [-0.3, -0.25) is 0 Å². The van der Waals surface area contributed by atoms with E-state index >= 15 is 0 Å². The molecule has 0 fully saturated rings. The van der Waals surface area contributed by atoms with E-state index in [0.29, 0.717) is 5.88 Å². The molecular formula is C8H14ClF3O. The van der Waals surface area contributed by atoms with Gasteiger partial charge in [-0.15, -0.1) is 11.6 Å². The maximum absolute atomic E-state index is 11.6.